The second-order valence-corrected chi connectivity index (χ2v) is 7.68. The smallest absolute Gasteiger partial charge is 0.251 e. The van der Waals surface area contributed by atoms with Gasteiger partial charge in [0.25, 0.3) is 5.91 Å². The van der Waals surface area contributed by atoms with Crippen molar-refractivity contribution in [3.8, 4) is 0 Å². The second-order valence-electron chi connectivity index (χ2n) is 7.68. The van der Waals surface area contributed by atoms with E-state index in [0.717, 1.165) is 44.2 Å². The number of allylic oxidation sites excluding steroid dienone is 1. The highest BCUT2D eigenvalue weighted by Crippen LogP contribution is 2.20. The molecule has 1 aliphatic heterocycles. The van der Waals surface area contributed by atoms with E-state index in [0.29, 0.717) is 12.1 Å². The van der Waals surface area contributed by atoms with Crippen LogP contribution in [-0.4, -0.2) is 48.6 Å². The van der Waals surface area contributed by atoms with E-state index in [4.69, 9.17) is 0 Å². The van der Waals surface area contributed by atoms with Crippen LogP contribution in [0.5, 0.6) is 0 Å². The first-order valence-corrected chi connectivity index (χ1v) is 10.6. The maximum atomic E-state index is 12.6. The molecule has 0 bridgehead atoms. The van der Waals surface area contributed by atoms with Crippen molar-refractivity contribution < 1.29 is 4.79 Å². The molecule has 6 nitrogen and oxygen atoms in total. The standard InChI is InChI=1S/C23H29N5O/c29-23(26-12-9-19-6-2-1-3-7-19)20-10-13-25-22(18-20)28-16-14-27(15-17-28)21-8-4-5-11-24-21/h4-6,8,10-11,13,18H,1-3,7,9,12,14-17H2,(H,26,29). The van der Waals surface area contributed by atoms with Crippen LogP contribution in [0.1, 0.15) is 42.5 Å². The fourth-order valence-corrected chi connectivity index (χ4v) is 4.01. The summed E-state index contributed by atoms with van der Waals surface area (Å²) in [7, 11) is 0. The molecule has 1 saturated heterocycles. The SMILES string of the molecule is O=C(NCCC1=CCCCC1)c1ccnc(N2CCN(c3ccccn3)CC2)c1. The molecule has 2 aromatic rings. The summed E-state index contributed by atoms with van der Waals surface area (Å²) in [5, 5.41) is 3.06. The van der Waals surface area contributed by atoms with Gasteiger partial charge >= 0.3 is 0 Å². The molecule has 1 aliphatic carbocycles. The number of aromatic nitrogens is 2. The Morgan fingerprint density at radius 2 is 1.76 bits per heavy atom. The summed E-state index contributed by atoms with van der Waals surface area (Å²) in [4.78, 5) is 26.0. The Balaban J connectivity index is 1.30. The normalized spacial score (nSPS) is 17.0. The molecule has 3 heterocycles. The van der Waals surface area contributed by atoms with Crippen molar-refractivity contribution in [2.45, 2.75) is 32.1 Å². The number of nitrogens with zero attached hydrogens (tertiary/aromatic N) is 4. The van der Waals surface area contributed by atoms with Crippen LogP contribution < -0.4 is 15.1 Å². The zero-order chi connectivity index (χ0) is 19.9. The van der Waals surface area contributed by atoms with Gasteiger partial charge in [0.1, 0.15) is 11.6 Å². The summed E-state index contributed by atoms with van der Waals surface area (Å²) >= 11 is 0. The molecule has 0 unspecified atom stereocenters. The molecule has 2 aliphatic rings. The number of amides is 1. The van der Waals surface area contributed by atoms with E-state index >= 15 is 0 Å². The maximum absolute atomic E-state index is 12.6. The van der Waals surface area contributed by atoms with Crippen molar-refractivity contribution in [2.75, 3.05) is 42.5 Å². The summed E-state index contributed by atoms with van der Waals surface area (Å²) in [5.74, 6) is 1.87. The lowest BCUT2D eigenvalue weighted by Crippen LogP contribution is -2.47. The van der Waals surface area contributed by atoms with Crippen molar-refractivity contribution >= 4 is 17.5 Å². The van der Waals surface area contributed by atoms with E-state index in [1.54, 1.807) is 12.3 Å². The van der Waals surface area contributed by atoms with Gasteiger partial charge in [-0.25, -0.2) is 9.97 Å². The highest BCUT2D eigenvalue weighted by molar-refractivity contribution is 5.94. The van der Waals surface area contributed by atoms with E-state index in [9.17, 15) is 4.79 Å². The highest BCUT2D eigenvalue weighted by atomic mass is 16.1. The average molecular weight is 392 g/mol. The third kappa shape index (κ3) is 5.13. The third-order valence-corrected chi connectivity index (χ3v) is 5.70. The number of anilines is 2. The van der Waals surface area contributed by atoms with Crippen LogP contribution in [0, 0.1) is 0 Å². The first-order valence-electron chi connectivity index (χ1n) is 10.6. The number of hydrogen-bond donors (Lipinski definition) is 1. The molecule has 2 aromatic heterocycles. The Labute approximate surface area is 172 Å². The van der Waals surface area contributed by atoms with Crippen LogP contribution in [0.2, 0.25) is 0 Å². The molecular formula is C23H29N5O. The van der Waals surface area contributed by atoms with Crippen LogP contribution in [0.4, 0.5) is 11.6 Å². The molecule has 1 N–H and O–H groups in total. The zero-order valence-electron chi connectivity index (χ0n) is 16.9. The lowest BCUT2D eigenvalue weighted by Gasteiger charge is -2.36. The minimum atomic E-state index is -0.0165. The van der Waals surface area contributed by atoms with Gasteiger partial charge < -0.3 is 15.1 Å². The minimum Gasteiger partial charge on any atom is -0.353 e. The van der Waals surface area contributed by atoms with E-state index in [2.05, 4.69) is 31.2 Å². The maximum Gasteiger partial charge on any atom is 0.251 e. The molecule has 6 heteroatoms. The Hall–Kier alpha value is -2.89. The number of carbonyl (C=O) groups excluding carboxylic acids is 1. The number of piperazine rings is 1. The monoisotopic (exact) mass is 391 g/mol. The quantitative estimate of drug-likeness (QED) is 0.765. The average Bonchev–Trinajstić information content (AvgIpc) is 2.80. The third-order valence-electron chi connectivity index (χ3n) is 5.70. The van der Waals surface area contributed by atoms with Gasteiger partial charge in [-0.15, -0.1) is 0 Å². The van der Waals surface area contributed by atoms with Crippen molar-refractivity contribution in [1.82, 2.24) is 15.3 Å². The topological polar surface area (TPSA) is 61.4 Å². The zero-order valence-corrected chi connectivity index (χ0v) is 16.9. The van der Waals surface area contributed by atoms with Crippen LogP contribution in [0.3, 0.4) is 0 Å². The first kappa shape index (κ1) is 19.4. The lowest BCUT2D eigenvalue weighted by atomic mass is 9.97. The van der Waals surface area contributed by atoms with Gasteiger partial charge in [0.05, 0.1) is 0 Å². The van der Waals surface area contributed by atoms with Gasteiger partial charge in [-0.2, -0.15) is 0 Å². The summed E-state index contributed by atoms with van der Waals surface area (Å²) in [6.07, 6.45) is 11.8. The number of carbonyl (C=O) groups is 1. The molecule has 29 heavy (non-hydrogen) atoms. The van der Waals surface area contributed by atoms with E-state index in [1.165, 1.54) is 31.3 Å². The number of rotatable bonds is 6. The molecule has 0 saturated carbocycles. The molecule has 152 valence electrons. The summed E-state index contributed by atoms with van der Waals surface area (Å²) in [6.45, 7) is 4.21. The fourth-order valence-electron chi connectivity index (χ4n) is 4.01. The van der Waals surface area contributed by atoms with Gasteiger partial charge in [0, 0.05) is 50.7 Å². The number of nitrogens with one attached hydrogen (secondary N) is 1. The van der Waals surface area contributed by atoms with Crippen LogP contribution in [0.15, 0.2) is 54.4 Å². The van der Waals surface area contributed by atoms with Gasteiger partial charge in [-0.05, 0) is 56.4 Å². The van der Waals surface area contributed by atoms with Crippen LogP contribution >= 0.6 is 0 Å². The molecule has 0 atom stereocenters. The summed E-state index contributed by atoms with van der Waals surface area (Å²) < 4.78 is 0. The Morgan fingerprint density at radius 1 is 0.966 bits per heavy atom. The van der Waals surface area contributed by atoms with Crippen molar-refractivity contribution in [3.05, 3.63) is 59.9 Å². The van der Waals surface area contributed by atoms with E-state index in [1.807, 2.05) is 30.5 Å². The first-order chi connectivity index (χ1) is 14.3. The minimum absolute atomic E-state index is 0.0165. The van der Waals surface area contributed by atoms with Gasteiger partial charge in [0.15, 0.2) is 0 Å². The molecule has 1 fully saturated rings. The van der Waals surface area contributed by atoms with Crippen molar-refractivity contribution in [1.29, 1.82) is 0 Å². The predicted octanol–water partition coefficient (Wildman–Crippen LogP) is 3.42. The molecule has 1 amide bonds. The van der Waals surface area contributed by atoms with E-state index < -0.39 is 0 Å². The van der Waals surface area contributed by atoms with Crippen LogP contribution in [0.25, 0.3) is 0 Å². The molecular weight excluding hydrogens is 362 g/mol. The van der Waals surface area contributed by atoms with Gasteiger partial charge in [0.2, 0.25) is 0 Å². The Morgan fingerprint density at radius 3 is 2.48 bits per heavy atom. The molecule has 0 aromatic carbocycles. The summed E-state index contributed by atoms with van der Waals surface area (Å²) in [6, 6.07) is 9.70. The molecule has 0 spiro atoms. The Kier molecular flexibility index (Phi) is 6.39. The largest absolute Gasteiger partial charge is 0.353 e. The lowest BCUT2D eigenvalue weighted by molar-refractivity contribution is 0.0954. The highest BCUT2D eigenvalue weighted by Gasteiger charge is 2.19. The van der Waals surface area contributed by atoms with Crippen molar-refractivity contribution in [2.24, 2.45) is 0 Å². The van der Waals surface area contributed by atoms with E-state index in [-0.39, 0.29) is 5.91 Å². The fraction of sp³-hybridized carbons (Fsp3) is 0.435. The van der Waals surface area contributed by atoms with Gasteiger partial charge in [-0.3, -0.25) is 4.79 Å². The van der Waals surface area contributed by atoms with Crippen molar-refractivity contribution in [3.63, 3.8) is 0 Å². The Bertz CT molecular complexity index is 843. The molecule has 4 rings (SSSR count). The second kappa shape index (κ2) is 9.54. The number of pyridine rings is 2. The van der Waals surface area contributed by atoms with Gasteiger partial charge in [-0.1, -0.05) is 17.7 Å². The van der Waals surface area contributed by atoms with Crippen LogP contribution in [-0.2, 0) is 0 Å². The molecule has 0 radical (unpaired) electrons. The predicted molar refractivity (Wildman–Crippen MR) is 116 cm³/mol. The number of hydrogen-bond acceptors (Lipinski definition) is 5. The summed E-state index contributed by atoms with van der Waals surface area (Å²) in [5.41, 5.74) is 2.16.